The molecule has 0 bridgehead atoms. The van der Waals surface area contributed by atoms with E-state index in [9.17, 15) is 0 Å². The number of ether oxygens (including phenoxy) is 1. The van der Waals surface area contributed by atoms with Crippen LogP contribution < -0.4 is 5.32 Å². The van der Waals surface area contributed by atoms with Crippen molar-refractivity contribution in [1.29, 1.82) is 0 Å². The molecule has 0 spiro atoms. The van der Waals surface area contributed by atoms with Crippen LogP contribution in [0.2, 0.25) is 0 Å². The third-order valence-corrected chi connectivity index (χ3v) is 4.68. The van der Waals surface area contributed by atoms with Gasteiger partial charge in [0.25, 0.3) is 0 Å². The van der Waals surface area contributed by atoms with E-state index in [4.69, 9.17) is 9.72 Å². The highest BCUT2D eigenvalue weighted by molar-refractivity contribution is 5.71. The van der Waals surface area contributed by atoms with Gasteiger partial charge in [-0.3, -0.25) is 9.88 Å². The second-order valence-corrected chi connectivity index (χ2v) is 6.12. The monoisotopic (exact) mass is 286 g/mol. The molecule has 2 saturated heterocycles. The highest BCUT2D eigenvalue weighted by atomic mass is 16.5. The van der Waals surface area contributed by atoms with Crippen LogP contribution in [0.5, 0.6) is 0 Å². The zero-order valence-electron chi connectivity index (χ0n) is 12.3. The lowest BCUT2D eigenvalue weighted by atomic mass is 9.96. The van der Waals surface area contributed by atoms with Crippen LogP contribution in [0.25, 0.3) is 11.2 Å². The van der Waals surface area contributed by atoms with Gasteiger partial charge in [-0.15, -0.1) is 0 Å². The van der Waals surface area contributed by atoms with Crippen LogP contribution in [-0.2, 0) is 11.2 Å². The molecule has 21 heavy (non-hydrogen) atoms. The zero-order chi connectivity index (χ0) is 14.1. The molecule has 0 amide bonds. The summed E-state index contributed by atoms with van der Waals surface area (Å²) in [7, 11) is 0. The van der Waals surface area contributed by atoms with E-state index in [1.165, 1.54) is 18.7 Å². The summed E-state index contributed by atoms with van der Waals surface area (Å²) in [5.41, 5.74) is 2.05. The lowest BCUT2D eigenvalue weighted by Crippen LogP contribution is -2.24. The smallest absolute Gasteiger partial charge is 0.161 e. The van der Waals surface area contributed by atoms with Gasteiger partial charge in [-0.05, 0) is 50.3 Å². The Morgan fingerprint density at radius 1 is 1.29 bits per heavy atom. The Morgan fingerprint density at radius 3 is 3.00 bits per heavy atom. The normalized spacial score (nSPS) is 23.9. The van der Waals surface area contributed by atoms with Crippen molar-refractivity contribution in [3.63, 3.8) is 0 Å². The van der Waals surface area contributed by atoms with Crippen molar-refractivity contribution >= 4 is 11.2 Å². The molecule has 4 heterocycles. The summed E-state index contributed by atoms with van der Waals surface area (Å²) in [6.07, 6.45) is 7.96. The van der Waals surface area contributed by atoms with Crippen LogP contribution in [-0.4, -0.2) is 34.3 Å². The summed E-state index contributed by atoms with van der Waals surface area (Å²) >= 11 is 0. The first-order valence-corrected chi connectivity index (χ1v) is 8.05. The van der Waals surface area contributed by atoms with E-state index in [1.807, 2.05) is 12.3 Å². The molecule has 1 unspecified atom stereocenters. The number of hydrogen-bond acceptors (Lipinski definition) is 4. The summed E-state index contributed by atoms with van der Waals surface area (Å²) < 4.78 is 7.82. The highest BCUT2D eigenvalue weighted by Gasteiger charge is 2.25. The van der Waals surface area contributed by atoms with E-state index in [2.05, 4.69) is 20.9 Å². The molecule has 2 fully saturated rings. The van der Waals surface area contributed by atoms with Gasteiger partial charge in [0.1, 0.15) is 11.3 Å². The number of hydrogen-bond donors (Lipinski definition) is 1. The van der Waals surface area contributed by atoms with Crippen LogP contribution in [0.1, 0.15) is 37.7 Å². The number of pyridine rings is 1. The van der Waals surface area contributed by atoms with Crippen molar-refractivity contribution in [2.75, 3.05) is 19.8 Å². The van der Waals surface area contributed by atoms with Crippen LogP contribution >= 0.6 is 0 Å². The molecule has 5 nitrogen and oxygen atoms in total. The van der Waals surface area contributed by atoms with Gasteiger partial charge in [-0.25, -0.2) is 9.97 Å². The van der Waals surface area contributed by atoms with Gasteiger partial charge >= 0.3 is 0 Å². The Balaban J connectivity index is 1.70. The van der Waals surface area contributed by atoms with Gasteiger partial charge in [-0.1, -0.05) is 0 Å². The van der Waals surface area contributed by atoms with Crippen molar-refractivity contribution in [3.8, 4) is 0 Å². The van der Waals surface area contributed by atoms with Crippen LogP contribution in [0.3, 0.4) is 0 Å². The van der Waals surface area contributed by atoms with E-state index >= 15 is 0 Å². The fraction of sp³-hybridized carbons (Fsp3) is 0.625. The number of imidazole rings is 1. The Morgan fingerprint density at radius 2 is 2.19 bits per heavy atom. The molecule has 1 N–H and O–H groups in total. The molecule has 2 aromatic heterocycles. The van der Waals surface area contributed by atoms with Gasteiger partial charge < -0.3 is 4.74 Å². The fourth-order valence-electron chi connectivity index (χ4n) is 3.54. The summed E-state index contributed by atoms with van der Waals surface area (Å²) in [5.74, 6) is 1.88. The van der Waals surface area contributed by atoms with E-state index < -0.39 is 0 Å². The second-order valence-electron chi connectivity index (χ2n) is 6.12. The van der Waals surface area contributed by atoms with Gasteiger partial charge in [-0.2, -0.15) is 0 Å². The first-order chi connectivity index (χ1) is 10.4. The molecule has 1 atom stereocenters. The first kappa shape index (κ1) is 13.2. The molecule has 2 aliphatic rings. The van der Waals surface area contributed by atoms with Crippen LogP contribution in [0.15, 0.2) is 18.3 Å². The highest BCUT2D eigenvalue weighted by Crippen LogP contribution is 2.27. The Bertz CT molecular complexity index is 612. The molecule has 112 valence electrons. The second kappa shape index (κ2) is 5.73. The number of aromatic nitrogens is 3. The third kappa shape index (κ3) is 2.56. The van der Waals surface area contributed by atoms with Crippen molar-refractivity contribution in [3.05, 3.63) is 24.2 Å². The SMILES string of the molecule is c1cnc2c(c1)nc(CC1CCOCC1)n2C1CCCN1. The average Bonchev–Trinajstić information content (AvgIpc) is 3.14. The Labute approximate surface area is 124 Å². The van der Waals surface area contributed by atoms with Gasteiger partial charge in [0.15, 0.2) is 5.65 Å². The molecule has 0 saturated carbocycles. The molecule has 0 aliphatic carbocycles. The summed E-state index contributed by atoms with van der Waals surface area (Å²) in [6.45, 7) is 2.88. The maximum Gasteiger partial charge on any atom is 0.161 e. The van der Waals surface area contributed by atoms with E-state index in [1.54, 1.807) is 0 Å². The predicted molar refractivity (Wildman–Crippen MR) is 81.0 cm³/mol. The zero-order valence-corrected chi connectivity index (χ0v) is 12.3. The molecule has 0 radical (unpaired) electrons. The quantitative estimate of drug-likeness (QED) is 0.940. The molecule has 5 heteroatoms. The third-order valence-electron chi connectivity index (χ3n) is 4.68. The maximum atomic E-state index is 5.47. The fourth-order valence-corrected chi connectivity index (χ4v) is 3.54. The van der Waals surface area contributed by atoms with E-state index in [0.717, 1.165) is 50.2 Å². The number of nitrogens with zero attached hydrogens (tertiary/aromatic N) is 3. The summed E-state index contributed by atoms with van der Waals surface area (Å²) in [4.78, 5) is 9.45. The van der Waals surface area contributed by atoms with Crippen molar-refractivity contribution in [1.82, 2.24) is 19.9 Å². The topological polar surface area (TPSA) is 52.0 Å². The Kier molecular flexibility index (Phi) is 3.61. The first-order valence-electron chi connectivity index (χ1n) is 8.05. The molecular formula is C16H22N4O. The minimum Gasteiger partial charge on any atom is -0.381 e. The van der Waals surface area contributed by atoms with Crippen LogP contribution in [0.4, 0.5) is 0 Å². The molecular weight excluding hydrogens is 264 g/mol. The molecule has 0 aromatic carbocycles. The van der Waals surface area contributed by atoms with Crippen molar-refractivity contribution < 1.29 is 4.74 Å². The van der Waals surface area contributed by atoms with Gasteiger partial charge in [0.05, 0.1) is 6.17 Å². The predicted octanol–water partition coefficient (Wildman–Crippen LogP) is 2.28. The lowest BCUT2D eigenvalue weighted by molar-refractivity contribution is 0.0656. The van der Waals surface area contributed by atoms with Gasteiger partial charge in [0.2, 0.25) is 0 Å². The molecule has 4 rings (SSSR count). The molecule has 2 aromatic rings. The van der Waals surface area contributed by atoms with Gasteiger partial charge in [0, 0.05) is 25.8 Å². The van der Waals surface area contributed by atoms with Crippen molar-refractivity contribution in [2.45, 2.75) is 38.3 Å². The number of nitrogens with one attached hydrogen (secondary N) is 1. The average molecular weight is 286 g/mol. The Hall–Kier alpha value is -1.46. The van der Waals surface area contributed by atoms with E-state index in [0.29, 0.717) is 12.1 Å². The maximum absolute atomic E-state index is 5.47. The largest absolute Gasteiger partial charge is 0.381 e. The summed E-state index contributed by atoms with van der Waals surface area (Å²) in [6, 6.07) is 4.04. The van der Waals surface area contributed by atoms with Crippen LogP contribution in [0, 0.1) is 5.92 Å². The minimum atomic E-state index is 0.361. The lowest BCUT2D eigenvalue weighted by Gasteiger charge is -2.23. The number of rotatable bonds is 3. The minimum absolute atomic E-state index is 0.361. The molecule has 2 aliphatic heterocycles. The van der Waals surface area contributed by atoms with Crippen molar-refractivity contribution in [2.24, 2.45) is 5.92 Å². The number of fused-ring (bicyclic) bond motifs is 1. The van der Waals surface area contributed by atoms with E-state index in [-0.39, 0.29) is 0 Å². The standard InChI is InChI=1S/C16H22N4O/c1-3-13-16(18-8-1)20(14-4-2-7-17-14)15(19-13)11-12-5-9-21-10-6-12/h1,3,8,12,14,17H,2,4-7,9-11H2. The summed E-state index contributed by atoms with van der Waals surface area (Å²) in [5, 5.41) is 3.59.